The maximum atomic E-state index is 6.29. The maximum Gasteiger partial charge on any atom is 0.148 e. The van der Waals surface area contributed by atoms with Crippen LogP contribution in [0.2, 0.25) is 0 Å². The van der Waals surface area contributed by atoms with Gasteiger partial charge < -0.3 is 10.5 Å². The average molecular weight is 368 g/mol. The van der Waals surface area contributed by atoms with Gasteiger partial charge in [-0.1, -0.05) is 29.8 Å². The van der Waals surface area contributed by atoms with Crippen LogP contribution in [0.4, 0.5) is 0 Å². The lowest BCUT2D eigenvalue weighted by Gasteiger charge is -2.24. The molecule has 2 N–H and O–H groups in total. The van der Waals surface area contributed by atoms with Crippen molar-refractivity contribution < 1.29 is 4.74 Å². The Morgan fingerprint density at radius 1 is 1.14 bits per heavy atom. The summed E-state index contributed by atoms with van der Waals surface area (Å²) >= 11 is 5.28. The first-order chi connectivity index (χ1) is 9.88. The number of rotatable bonds is 5. The lowest BCUT2D eigenvalue weighted by molar-refractivity contribution is 0.182. The lowest BCUT2D eigenvalue weighted by atomic mass is 10.0. The van der Waals surface area contributed by atoms with Crippen LogP contribution in [0.3, 0.4) is 0 Å². The van der Waals surface area contributed by atoms with Gasteiger partial charge in [-0.25, -0.2) is 0 Å². The summed E-state index contributed by atoms with van der Waals surface area (Å²) in [6.45, 7) is 8.44. The van der Waals surface area contributed by atoms with Crippen molar-refractivity contribution in [2.24, 2.45) is 5.73 Å². The molecule has 2 unspecified atom stereocenters. The van der Waals surface area contributed by atoms with Crippen LogP contribution in [0, 0.1) is 6.92 Å². The zero-order valence-electron chi connectivity index (χ0n) is 12.9. The summed E-state index contributed by atoms with van der Waals surface area (Å²) in [5.41, 5.74) is 7.35. The van der Waals surface area contributed by atoms with Gasteiger partial charge in [0.05, 0.1) is 0 Å². The lowest BCUT2D eigenvalue weighted by Crippen LogP contribution is -2.28. The average Bonchev–Trinajstić information content (AvgIpc) is 2.83. The van der Waals surface area contributed by atoms with Crippen molar-refractivity contribution in [2.45, 2.75) is 45.8 Å². The molecule has 0 bridgehead atoms. The van der Waals surface area contributed by atoms with Gasteiger partial charge in [0, 0.05) is 20.3 Å². The Labute approximate surface area is 139 Å². The number of benzene rings is 1. The Hall–Kier alpha value is -0.840. The van der Waals surface area contributed by atoms with Gasteiger partial charge >= 0.3 is 0 Å². The molecular formula is C17H22BrNOS. The molecule has 1 heterocycles. The van der Waals surface area contributed by atoms with Crippen LogP contribution < -0.4 is 10.5 Å². The van der Waals surface area contributed by atoms with Gasteiger partial charge in [0.25, 0.3) is 0 Å². The number of hydrogen-bond acceptors (Lipinski definition) is 3. The molecule has 0 radical (unpaired) electrons. The van der Waals surface area contributed by atoms with E-state index in [1.807, 2.05) is 19.1 Å². The van der Waals surface area contributed by atoms with Crippen LogP contribution in [-0.4, -0.2) is 6.04 Å². The first-order valence-electron chi connectivity index (χ1n) is 7.16. The summed E-state index contributed by atoms with van der Waals surface area (Å²) in [5.74, 6) is 1.32. The SMILES string of the molecule is Cc1ccc(C(Oc2ccc(Br)cc2C(C)C)C(C)N)s1. The van der Waals surface area contributed by atoms with E-state index >= 15 is 0 Å². The second-order valence-electron chi connectivity index (χ2n) is 5.68. The molecule has 0 spiro atoms. The van der Waals surface area contributed by atoms with Crippen molar-refractivity contribution in [1.29, 1.82) is 0 Å². The third-order valence-corrected chi connectivity index (χ3v) is 4.92. The number of thiophene rings is 1. The summed E-state index contributed by atoms with van der Waals surface area (Å²) in [4.78, 5) is 2.46. The zero-order valence-corrected chi connectivity index (χ0v) is 15.3. The fourth-order valence-electron chi connectivity index (χ4n) is 2.25. The normalized spacial score (nSPS) is 14.2. The van der Waals surface area contributed by atoms with Crippen LogP contribution in [0.1, 0.15) is 48.1 Å². The molecule has 1 aromatic heterocycles. The molecule has 114 valence electrons. The van der Waals surface area contributed by atoms with Crippen molar-refractivity contribution >= 4 is 27.3 Å². The van der Waals surface area contributed by atoms with E-state index in [0.717, 1.165) is 10.2 Å². The molecule has 1 aromatic carbocycles. The van der Waals surface area contributed by atoms with Gasteiger partial charge in [0.1, 0.15) is 11.9 Å². The molecule has 2 aromatic rings. The van der Waals surface area contributed by atoms with Crippen LogP contribution in [-0.2, 0) is 0 Å². The molecule has 0 amide bonds. The van der Waals surface area contributed by atoms with Crippen LogP contribution in [0.5, 0.6) is 5.75 Å². The number of hydrogen-bond donors (Lipinski definition) is 1. The third kappa shape index (κ3) is 4.09. The highest BCUT2D eigenvalue weighted by atomic mass is 79.9. The maximum absolute atomic E-state index is 6.29. The molecule has 21 heavy (non-hydrogen) atoms. The first kappa shape index (κ1) is 16.5. The zero-order chi connectivity index (χ0) is 15.6. The Balaban J connectivity index is 2.33. The largest absolute Gasteiger partial charge is 0.483 e. The summed E-state index contributed by atoms with van der Waals surface area (Å²) in [7, 11) is 0. The summed E-state index contributed by atoms with van der Waals surface area (Å²) in [5, 5.41) is 0. The molecule has 0 saturated heterocycles. The fraction of sp³-hybridized carbons (Fsp3) is 0.412. The Kier molecular flexibility index (Phi) is 5.47. The van der Waals surface area contributed by atoms with Gasteiger partial charge in [0.2, 0.25) is 0 Å². The van der Waals surface area contributed by atoms with Crippen LogP contribution in [0.25, 0.3) is 0 Å². The predicted molar refractivity (Wildman–Crippen MR) is 94.3 cm³/mol. The predicted octanol–water partition coefficient (Wildman–Crippen LogP) is 5.41. The molecule has 0 aliphatic rings. The quantitative estimate of drug-likeness (QED) is 0.766. The number of aryl methyl sites for hydroxylation is 1. The van der Waals surface area contributed by atoms with E-state index in [1.165, 1.54) is 15.3 Å². The molecule has 2 rings (SSSR count). The minimum atomic E-state index is -0.109. The first-order valence-corrected chi connectivity index (χ1v) is 8.77. The second-order valence-corrected chi connectivity index (χ2v) is 7.92. The Morgan fingerprint density at radius 2 is 1.86 bits per heavy atom. The molecular weight excluding hydrogens is 346 g/mol. The van der Waals surface area contributed by atoms with Crippen LogP contribution in [0.15, 0.2) is 34.8 Å². The molecule has 0 saturated carbocycles. The Bertz CT molecular complexity index is 607. The molecule has 4 heteroatoms. The topological polar surface area (TPSA) is 35.2 Å². The summed E-state index contributed by atoms with van der Waals surface area (Å²) in [6, 6.07) is 10.3. The second kappa shape index (κ2) is 6.95. The summed E-state index contributed by atoms with van der Waals surface area (Å²) < 4.78 is 7.36. The van der Waals surface area contributed by atoms with E-state index < -0.39 is 0 Å². The molecule has 2 nitrogen and oxygen atoms in total. The van der Waals surface area contributed by atoms with Gasteiger partial charge in [-0.15, -0.1) is 11.3 Å². The molecule has 0 aliphatic carbocycles. The van der Waals surface area contributed by atoms with E-state index in [9.17, 15) is 0 Å². The van der Waals surface area contributed by atoms with Crippen LogP contribution >= 0.6 is 27.3 Å². The van der Waals surface area contributed by atoms with Crippen molar-refractivity contribution in [3.8, 4) is 5.75 Å². The molecule has 2 atom stereocenters. The monoisotopic (exact) mass is 367 g/mol. The van der Waals surface area contributed by atoms with Gasteiger partial charge in [0.15, 0.2) is 0 Å². The van der Waals surface area contributed by atoms with E-state index in [1.54, 1.807) is 11.3 Å². The highest BCUT2D eigenvalue weighted by molar-refractivity contribution is 9.10. The smallest absolute Gasteiger partial charge is 0.148 e. The standard InChI is InChI=1S/C17H22BrNOS/c1-10(2)14-9-13(18)6-7-15(14)20-17(12(4)19)16-8-5-11(3)21-16/h5-10,12,17H,19H2,1-4H3. The van der Waals surface area contributed by atoms with Crippen molar-refractivity contribution in [1.82, 2.24) is 0 Å². The van der Waals surface area contributed by atoms with E-state index in [2.05, 4.69) is 54.9 Å². The van der Waals surface area contributed by atoms with Gasteiger partial charge in [-0.05, 0) is 55.7 Å². The van der Waals surface area contributed by atoms with E-state index in [-0.39, 0.29) is 12.1 Å². The third-order valence-electron chi connectivity index (χ3n) is 3.37. The van der Waals surface area contributed by atoms with Gasteiger partial charge in [-0.3, -0.25) is 0 Å². The number of nitrogens with two attached hydrogens (primary N) is 1. The minimum Gasteiger partial charge on any atom is -0.483 e. The minimum absolute atomic E-state index is 0.0632. The molecule has 0 fully saturated rings. The van der Waals surface area contributed by atoms with E-state index in [4.69, 9.17) is 10.5 Å². The Morgan fingerprint density at radius 3 is 2.38 bits per heavy atom. The number of ether oxygens (including phenoxy) is 1. The highest BCUT2D eigenvalue weighted by Gasteiger charge is 2.22. The summed E-state index contributed by atoms with van der Waals surface area (Å²) in [6.07, 6.45) is -0.109. The van der Waals surface area contributed by atoms with Crippen molar-refractivity contribution in [3.63, 3.8) is 0 Å². The highest BCUT2D eigenvalue weighted by Crippen LogP contribution is 2.35. The van der Waals surface area contributed by atoms with Crippen molar-refractivity contribution in [2.75, 3.05) is 0 Å². The molecule has 0 aliphatic heterocycles. The fourth-order valence-corrected chi connectivity index (χ4v) is 3.65. The number of halogens is 1. The van der Waals surface area contributed by atoms with Crippen molar-refractivity contribution in [3.05, 3.63) is 50.1 Å². The van der Waals surface area contributed by atoms with Gasteiger partial charge in [-0.2, -0.15) is 0 Å². The van der Waals surface area contributed by atoms with E-state index in [0.29, 0.717) is 5.92 Å².